The molecular weight excluding hydrogens is 427 g/mol. The zero-order valence-electron chi connectivity index (χ0n) is 20.2. The minimum Gasteiger partial charge on any atom is -0.497 e. The first-order valence-electron chi connectivity index (χ1n) is 11.8. The van der Waals surface area contributed by atoms with Crippen LogP contribution in [0.15, 0.2) is 72.8 Å². The topological polar surface area (TPSA) is 32.8 Å². The zero-order valence-corrected chi connectivity index (χ0v) is 20.2. The highest BCUT2D eigenvalue weighted by atomic mass is 19.1. The maximum atomic E-state index is 13.3. The number of methoxy groups -OCH3 is 1. The van der Waals surface area contributed by atoms with Crippen LogP contribution in [0.2, 0.25) is 0 Å². The van der Waals surface area contributed by atoms with E-state index in [4.69, 9.17) is 4.74 Å². The molecule has 3 aromatic rings. The van der Waals surface area contributed by atoms with Gasteiger partial charge in [0.2, 0.25) is 5.91 Å². The van der Waals surface area contributed by atoms with Gasteiger partial charge in [0.15, 0.2) is 0 Å². The van der Waals surface area contributed by atoms with Crippen LogP contribution >= 0.6 is 0 Å². The Morgan fingerprint density at radius 3 is 2.24 bits per heavy atom. The average molecular weight is 461 g/mol. The lowest BCUT2D eigenvalue weighted by Gasteiger charge is -2.28. The molecule has 0 bridgehead atoms. The SMILES string of the molecule is COc1ccc(CN2C[C@@H](CN(Cc3ccc(F)cc3)C(C)=O)[C@H](c3ccc(C)cc3)C2)cc1. The highest BCUT2D eigenvalue weighted by Gasteiger charge is 2.35. The zero-order chi connectivity index (χ0) is 24.1. The summed E-state index contributed by atoms with van der Waals surface area (Å²) in [6.45, 7) is 7.61. The van der Waals surface area contributed by atoms with Gasteiger partial charge in [-0.2, -0.15) is 0 Å². The highest BCUT2D eigenvalue weighted by Crippen LogP contribution is 2.35. The molecule has 1 saturated heterocycles. The average Bonchev–Trinajstić information content (AvgIpc) is 3.23. The van der Waals surface area contributed by atoms with Crippen LogP contribution in [0.5, 0.6) is 5.75 Å². The van der Waals surface area contributed by atoms with E-state index in [1.165, 1.54) is 28.8 Å². The summed E-state index contributed by atoms with van der Waals surface area (Å²) in [6, 6.07) is 23.4. The number of halogens is 1. The van der Waals surface area contributed by atoms with E-state index in [0.717, 1.165) is 30.9 Å². The number of hydrogen-bond donors (Lipinski definition) is 0. The lowest BCUT2D eigenvalue weighted by atomic mass is 9.88. The Bertz CT molecular complexity index is 1080. The van der Waals surface area contributed by atoms with Crippen LogP contribution in [0.3, 0.4) is 0 Å². The smallest absolute Gasteiger partial charge is 0.219 e. The van der Waals surface area contributed by atoms with Gasteiger partial charge in [-0.25, -0.2) is 4.39 Å². The number of rotatable bonds is 8. The highest BCUT2D eigenvalue weighted by molar-refractivity contribution is 5.73. The molecule has 4 nitrogen and oxygen atoms in total. The van der Waals surface area contributed by atoms with Gasteiger partial charge in [0.25, 0.3) is 0 Å². The van der Waals surface area contributed by atoms with E-state index in [1.54, 1.807) is 26.2 Å². The van der Waals surface area contributed by atoms with Crippen LogP contribution in [0, 0.1) is 18.7 Å². The van der Waals surface area contributed by atoms with Crippen LogP contribution in [-0.4, -0.2) is 42.5 Å². The first-order chi connectivity index (χ1) is 16.4. The summed E-state index contributed by atoms with van der Waals surface area (Å²) in [6.07, 6.45) is 0. The Kier molecular flexibility index (Phi) is 7.63. The molecule has 1 amide bonds. The molecule has 0 unspecified atom stereocenters. The lowest BCUT2D eigenvalue weighted by molar-refractivity contribution is -0.130. The molecule has 0 N–H and O–H groups in total. The summed E-state index contributed by atoms with van der Waals surface area (Å²) in [5, 5.41) is 0. The van der Waals surface area contributed by atoms with Crippen molar-refractivity contribution in [2.45, 2.75) is 32.9 Å². The number of carbonyl (C=O) groups excluding carboxylic acids is 1. The fourth-order valence-corrected chi connectivity index (χ4v) is 4.85. The number of likely N-dealkylation sites (tertiary alicyclic amines) is 1. The van der Waals surface area contributed by atoms with Gasteiger partial charge in [0.05, 0.1) is 7.11 Å². The van der Waals surface area contributed by atoms with E-state index < -0.39 is 0 Å². The quantitative estimate of drug-likeness (QED) is 0.451. The fraction of sp³-hybridized carbons (Fsp3) is 0.345. The van der Waals surface area contributed by atoms with Crippen molar-refractivity contribution in [2.75, 3.05) is 26.7 Å². The van der Waals surface area contributed by atoms with Crippen molar-refractivity contribution in [1.29, 1.82) is 0 Å². The molecule has 2 atom stereocenters. The Hall–Kier alpha value is -3.18. The third kappa shape index (κ3) is 6.03. The molecule has 1 aliphatic heterocycles. The van der Waals surface area contributed by atoms with Crippen LogP contribution in [0.1, 0.15) is 35.1 Å². The van der Waals surface area contributed by atoms with Gasteiger partial charge in [-0.05, 0) is 53.8 Å². The van der Waals surface area contributed by atoms with Crippen LogP contribution in [0.25, 0.3) is 0 Å². The summed E-state index contributed by atoms with van der Waals surface area (Å²) >= 11 is 0. The van der Waals surface area contributed by atoms with E-state index in [1.807, 2.05) is 17.0 Å². The predicted octanol–water partition coefficient (Wildman–Crippen LogP) is 5.41. The van der Waals surface area contributed by atoms with Gasteiger partial charge in [0.1, 0.15) is 11.6 Å². The minimum absolute atomic E-state index is 0.0422. The van der Waals surface area contributed by atoms with Crippen LogP contribution < -0.4 is 4.74 Å². The van der Waals surface area contributed by atoms with Gasteiger partial charge in [-0.1, -0.05) is 54.1 Å². The molecule has 3 aromatic carbocycles. The fourth-order valence-electron chi connectivity index (χ4n) is 4.85. The van der Waals surface area contributed by atoms with Crippen molar-refractivity contribution in [3.63, 3.8) is 0 Å². The van der Waals surface area contributed by atoms with Gasteiger partial charge in [0, 0.05) is 45.6 Å². The van der Waals surface area contributed by atoms with Crippen molar-refractivity contribution in [1.82, 2.24) is 9.80 Å². The van der Waals surface area contributed by atoms with Crippen molar-refractivity contribution < 1.29 is 13.9 Å². The summed E-state index contributed by atoms with van der Waals surface area (Å²) in [5.41, 5.74) is 4.75. The molecular formula is C29H33FN2O2. The normalized spacial score (nSPS) is 18.1. The van der Waals surface area contributed by atoms with Gasteiger partial charge in [-0.15, -0.1) is 0 Å². The number of carbonyl (C=O) groups is 1. The maximum absolute atomic E-state index is 13.3. The van der Waals surface area contributed by atoms with Crippen molar-refractivity contribution in [3.05, 3.63) is 101 Å². The number of ether oxygens (including phenoxy) is 1. The molecule has 0 saturated carbocycles. The molecule has 0 aliphatic carbocycles. The third-order valence-corrected chi connectivity index (χ3v) is 6.77. The van der Waals surface area contributed by atoms with Crippen LogP contribution in [-0.2, 0) is 17.9 Å². The van der Waals surface area contributed by atoms with Gasteiger partial charge >= 0.3 is 0 Å². The number of nitrogens with zero attached hydrogens (tertiary/aromatic N) is 2. The Labute approximate surface area is 202 Å². The first kappa shape index (κ1) is 24.0. The van der Waals surface area contributed by atoms with Crippen molar-refractivity contribution in [3.8, 4) is 5.75 Å². The standard InChI is InChI=1S/C29H33FN2O2/c1-21-4-10-25(11-5-21)29-20-31(16-23-8-14-28(34-3)15-9-23)18-26(29)19-32(22(2)33)17-24-6-12-27(30)13-7-24/h4-15,26,29H,16-20H2,1-3H3/t26-,29-/m0/s1. The molecule has 0 aromatic heterocycles. The third-order valence-electron chi connectivity index (χ3n) is 6.77. The van der Waals surface area contributed by atoms with Crippen molar-refractivity contribution >= 4 is 5.91 Å². The Balaban J connectivity index is 1.52. The lowest BCUT2D eigenvalue weighted by Crippen LogP contribution is -2.35. The summed E-state index contributed by atoms with van der Waals surface area (Å²) < 4.78 is 18.6. The van der Waals surface area contributed by atoms with Gasteiger partial charge < -0.3 is 9.64 Å². The summed E-state index contributed by atoms with van der Waals surface area (Å²) in [4.78, 5) is 16.9. The molecule has 1 aliphatic rings. The molecule has 1 heterocycles. The summed E-state index contributed by atoms with van der Waals surface area (Å²) in [7, 11) is 1.68. The maximum Gasteiger partial charge on any atom is 0.219 e. The summed E-state index contributed by atoms with van der Waals surface area (Å²) in [5.74, 6) is 1.29. The van der Waals surface area contributed by atoms with E-state index in [9.17, 15) is 9.18 Å². The van der Waals surface area contributed by atoms with Gasteiger partial charge in [-0.3, -0.25) is 9.69 Å². The monoisotopic (exact) mass is 460 g/mol. The first-order valence-corrected chi connectivity index (χ1v) is 11.8. The molecule has 34 heavy (non-hydrogen) atoms. The molecule has 0 radical (unpaired) electrons. The molecule has 4 rings (SSSR count). The number of aryl methyl sites for hydroxylation is 1. The molecule has 178 valence electrons. The predicted molar refractivity (Wildman–Crippen MR) is 133 cm³/mol. The minimum atomic E-state index is -0.262. The Morgan fingerprint density at radius 1 is 0.971 bits per heavy atom. The van der Waals surface area contributed by atoms with E-state index >= 15 is 0 Å². The number of amides is 1. The number of hydrogen-bond acceptors (Lipinski definition) is 3. The van der Waals surface area contributed by atoms with E-state index in [0.29, 0.717) is 24.9 Å². The van der Waals surface area contributed by atoms with E-state index in [2.05, 4.69) is 48.2 Å². The Morgan fingerprint density at radius 2 is 1.62 bits per heavy atom. The number of benzene rings is 3. The molecule has 1 fully saturated rings. The van der Waals surface area contributed by atoms with E-state index in [-0.39, 0.29) is 11.7 Å². The molecule has 0 spiro atoms. The molecule has 5 heteroatoms. The second-order valence-electron chi connectivity index (χ2n) is 9.35. The van der Waals surface area contributed by atoms with Crippen LogP contribution in [0.4, 0.5) is 4.39 Å². The second-order valence-corrected chi connectivity index (χ2v) is 9.35. The van der Waals surface area contributed by atoms with Crippen molar-refractivity contribution in [2.24, 2.45) is 5.92 Å². The largest absolute Gasteiger partial charge is 0.497 e. The second kappa shape index (κ2) is 10.8.